The predicted octanol–water partition coefficient (Wildman–Crippen LogP) is 1.79. The fraction of sp³-hybridized carbons (Fsp3) is 0.286. The highest BCUT2D eigenvalue weighted by Gasteiger charge is 2.18. The lowest BCUT2D eigenvalue weighted by molar-refractivity contribution is 0.0797. The minimum absolute atomic E-state index is 0. The fourth-order valence-corrected chi connectivity index (χ4v) is 1.86. The van der Waals surface area contributed by atoms with Crippen LogP contribution in [0.1, 0.15) is 10.4 Å². The number of amides is 1. The number of carbonyl (C=O) groups excluding carboxylic acids is 1. The Kier molecular flexibility index (Phi) is 6.21. The second-order valence-electron chi connectivity index (χ2n) is 4.35. The number of aromatic nitrogens is 2. The molecule has 5 nitrogen and oxygen atoms in total. The van der Waals surface area contributed by atoms with Gasteiger partial charge in [-0.15, -0.1) is 12.4 Å². The number of nitrogens with zero attached hydrogens (tertiary/aromatic N) is 2. The van der Waals surface area contributed by atoms with Crippen LogP contribution in [0.2, 0.25) is 0 Å². The molecule has 6 heteroatoms. The van der Waals surface area contributed by atoms with Crippen molar-refractivity contribution in [3.05, 3.63) is 42.1 Å². The van der Waals surface area contributed by atoms with Gasteiger partial charge in [0.05, 0.1) is 17.5 Å². The highest BCUT2D eigenvalue weighted by Crippen LogP contribution is 2.21. The van der Waals surface area contributed by atoms with Crippen molar-refractivity contribution in [2.75, 3.05) is 27.2 Å². The Morgan fingerprint density at radius 1 is 1.35 bits per heavy atom. The monoisotopic (exact) mass is 294 g/mol. The zero-order valence-corrected chi connectivity index (χ0v) is 12.4. The molecular formula is C14H19ClN4O. The maximum atomic E-state index is 12.3. The quantitative estimate of drug-likeness (QED) is 0.884. The molecule has 2 aromatic rings. The van der Waals surface area contributed by atoms with Gasteiger partial charge in [-0.3, -0.25) is 9.89 Å². The number of nitrogens with one attached hydrogen (secondary N) is 2. The van der Waals surface area contributed by atoms with Crippen LogP contribution in [0.15, 0.2) is 36.5 Å². The number of halogens is 1. The molecule has 0 fully saturated rings. The molecule has 1 aromatic carbocycles. The number of H-pyrrole nitrogens is 1. The largest absolute Gasteiger partial charge is 0.340 e. The molecule has 0 radical (unpaired) electrons. The Hall–Kier alpha value is -1.85. The van der Waals surface area contributed by atoms with Crippen LogP contribution in [-0.4, -0.2) is 48.2 Å². The van der Waals surface area contributed by atoms with Gasteiger partial charge >= 0.3 is 0 Å². The number of hydrogen-bond acceptors (Lipinski definition) is 3. The van der Waals surface area contributed by atoms with E-state index in [0.717, 1.165) is 17.8 Å². The van der Waals surface area contributed by atoms with Gasteiger partial charge in [-0.25, -0.2) is 0 Å². The second-order valence-corrected chi connectivity index (χ2v) is 4.35. The van der Waals surface area contributed by atoms with Crippen molar-refractivity contribution in [3.63, 3.8) is 0 Å². The zero-order valence-electron chi connectivity index (χ0n) is 11.6. The van der Waals surface area contributed by atoms with Gasteiger partial charge in [0, 0.05) is 25.7 Å². The Bertz CT molecular complexity index is 541. The third kappa shape index (κ3) is 3.59. The summed E-state index contributed by atoms with van der Waals surface area (Å²) in [6.45, 7) is 1.43. The molecule has 0 aliphatic carbocycles. The summed E-state index contributed by atoms with van der Waals surface area (Å²) in [4.78, 5) is 14.0. The summed E-state index contributed by atoms with van der Waals surface area (Å²) in [5.74, 6) is -0.0251. The van der Waals surface area contributed by atoms with E-state index < -0.39 is 0 Å². The molecule has 2 rings (SSSR count). The summed E-state index contributed by atoms with van der Waals surface area (Å²) in [6.07, 6.45) is 1.58. The van der Waals surface area contributed by atoms with Crippen LogP contribution in [0.5, 0.6) is 0 Å². The zero-order chi connectivity index (χ0) is 13.7. The van der Waals surface area contributed by atoms with Crippen molar-refractivity contribution >= 4 is 18.3 Å². The summed E-state index contributed by atoms with van der Waals surface area (Å²) in [5, 5.41) is 9.92. The Morgan fingerprint density at radius 2 is 2.05 bits per heavy atom. The first-order valence-corrected chi connectivity index (χ1v) is 6.23. The smallest absolute Gasteiger partial charge is 0.257 e. The SMILES string of the molecule is CNCCN(C)C(=O)c1cn[nH]c1-c1ccccc1.Cl. The topological polar surface area (TPSA) is 61.0 Å². The molecule has 0 aliphatic rings. The summed E-state index contributed by atoms with van der Waals surface area (Å²) >= 11 is 0. The maximum Gasteiger partial charge on any atom is 0.257 e. The lowest BCUT2D eigenvalue weighted by atomic mass is 10.1. The van der Waals surface area contributed by atoms with Gasteiger partial charge in [0.25, 0.3) is 5.91 Å². The first kappa shape index (κ1) is 16.2. The van der Waals surface area contributed by atoms with E-state index in [1.165, 1.54) is 0 Å². The standard InChI is InChI=1S/C14H18N4O.ClH/c1-15-8-9-18(2)14(19)12-10-16-17-13(12)11-6-4-3-5-7-11;/h3-7,10,15H,8-9H2,1-2H3,(H,16,17);1H. The molecule has 1 amide bonds. The van der Waals surface area contributed by atoms with E-state index >= 15 is 0 Å². The van der Waals surface area contributed by atoms with Crippen LogP contribution in [-0.2, 0) is 0 Å². The molecule has 0 bridgehead atoms. The van der Waals surface area contributed by atoms with Crippen molar-refractivity contribution in [1.82, 2.24) is 20.4 Å². The average Bonchev–Trinajstić information content (AvgIpc) is 2.94. The van der Waals surface area contributed by atoms with E-state index in [2.05, 4.69) is 15.5 Å². The average molecular weight is 295 g/mol. The first-order chi connectivity index (χ1) is 9.24. The second kappa shape index (κ2) is 7.67. The van der Waals surface area contributed by atoms with E-state index in [0.29, 0.717) is 12.1 Å². The van der Waals surface area contributed by atoms with Crippen molar-refractivity contribution < 1.29 is 4.79 Å². The molecule has 0 spiro atoms. The number of benzene rings is 1. The van der Waals surface area contributed by atoms with Crippen LogP contribution >= 0.6 is 12.4 Å². The number of aromatic amines is 1. The number of hydrogen-bond donors (Lipinski definition) is 2. The summed E-state index contributed by atoms with van der Waals surface area (Å²) in [6, 6.07) is 9.74. The molecule has 0 aliphatic heterocycles. The van der Waals surface area contributed by atoms with Crippen LogP contribution in [0.25, 0.3) is 11.3 Å². The Labute approximate surface area is 124 Å². The third-order valence-electron chi connectivity index (χ3n) is 2.98. The van der Waals surface area contributed by atoms with Crippen LogP contribution in [0, 0.1) is 0 Å². The predicted molar refractivity (Wildman–Crippen MR) is 82.2 cm³/mol. The molecule has 0 saturated heterocycles. The summed E-state index contributed by atoms with van der Waals surface area (Å²) in [5.41, 5.74) is 2.33. The van der Waals surface area contributed by atoms with E-state index in [1.807, 2.05) is 37.4 Å². The van der Waals surface area contributed by atoms with E-state index in [9.17, 15) is 4.79 Å². The van der Waals surface area contributed by atoms with Gasteiger partial charge in [-0.2, -0.15) is 5.10 Å². The number of likely N-dealkylation sites (N-methyl/N-ethyl adjacent to an activating group) is 2. The van der Waals surface area contributed by atoms with Crippen molar-refractivity contribution in [2.45, 2.75) is 0 Å². The number of carbonyl (C=O) groups is 1. The minimum Gasteiger partial charge on any atom is -0.340 e. The van der Waals surface area contributed by atoms with E-state index in [1.54, 1.807) is 18.1 Å². The molecule has 1 aromatic heterocycles. The molecule has 1 heterocycles. The summed E-state index contributed by atoms with van der Waals surface area (Å²) in [7, 11) is 3.66. The fourth-order valence-electron chi connectivity index (χ4n) is 1.86. The van der Waals surface area contributed by atoms with E-state index in [-0.39, 0.29) is 18.3 Å². The van der Waals surface area contributed by atoms with Crippen LogP contribution in [0.4, 0.5) is 0 Å². The van der Waals surface area contributed by atoms with E-state index in [4.69, 9.17) is 0 Å². The van der Waals surface area contributed by atoms with Crippen molar-refractivity contribution in [1.29, 1.82) is 0 Å². The first-order valence-electron chi connectivity index (χ1n) is 6.23. The van der Waals surface area contributed by atoms with Gasteiger partial charge in [0.15, 0.2) is 0 Å². The van der Waals surface area contributed by atoms with Gasteiger partial charge in [0.1, 0.15) is 0 Å². The lowest BCUT2D eigenvalue weighted by Crippen LogP contribution is -2.32. The van der Waals surface area contributed by atoms with Crippen molar-refractivity contribution in [2.24, 2.45) is 0 Å². The lowest BCUT2D eigenvalue weighted by Gasteiger charge is -2.16. The van der Waals surface area contributed by atoms with Gasteiger partial charge in [0.2, 0.25) is 0 Å². The Balaban J connectivity index is 0.00000200. The summed E-state index contributed by atoms with van der Waals surface area (Å²) < 4.78 is 0. The van der Waals surface area contributed by atoms with Crippen LogP contribution < -0.4 is 5.32 Å². The Morgan fingerprint density at radius 3 is 2.70 bits per heavy atom. The molecule has 108 valence electrons. The van der Waals surface area contributed by atoms with Gasteiger partial charge in [-0.05, 0) is 7.05 Å². The van der Waals surface area contributed by atoms with Crippen molar-refractivity contribution in [3.8, 4) is 11.3 Å². The third-order valence-corrected chi connectivity index (χ3v) is 2.98. The number of rotatable bonds is 5. The van der Waals surface area contributed by atoms with Crippen LogP contribution in [0.3, 0.4) is 0 Å². The highest BCUT2D eigenvalue weighted by molar-refractivity contribution is 5.99. The highest BCUT2D eigenvalue weighted by atomic mass is 35.5. The van der Waals surface area contributed by atoms with Gasteiger partial charge in [-0.1, -0.05) is 30.3 Å². The van der Waals surface area contributed by atoms with Gasteiger partial charge < -0.3 is 10.2 Å². The molecule has 0 unspecified atom stereocenters. The molecule has 0 saturated carbocycles. The normalized spacial score (nSPS) is 9.90. The minimum atomic E-state index is -0.0251. The molecule has 2 N–H and O–H groups in total. The maximum absolute atomic E-state index is 12.3. The molecular weight excluding hydrogens is 276 g/mol. The molecule has 20 heavy (non-hydrogen) atoms. The molecule has 0 atom stereocenters.